The maximum Gasteiger partial charge on any atom is 0.164 e. The van der Waals surface area contributed by atoms with Crippen molar-refractivity contribution in [2.24, 2.45) is 0 Å². The molecule has 7 aromatic carbocycles. The molecule has 0 fully saturated rings. The van der Waals surface area contributed by atoms with Crippen LogP contribution in [-0.4, -0.2) is 19.9 Å². The van der Waals surface area contributed by atoms with E-state index in [1.807, 2.05) is 60.8 Å². The number of hydrogen-bond acceptors (Lipinski definition) is 5. The number of aromatic nitrogens is 4. The Labute approximate surface area is 331 Å². The Balaban J connectivity index is 1.16. The van der Waals surface area contributed by atoms with E-state index in [9.17, 15) is 5.26 Å². The first kappa shape index (κ1) is 34.0. The first-order valence-electron chi connectivity index (χ1n) is 19.1. The van der Waals surface area contributed by atoms with Gasteiger partial charge in [-0.3, -0.25) is 4.98 Å². The second kappa shape index (κ2) is 13.6. The number of nitriles is 1. The third-order valence-corrected chi connectivity index (χ3v) is 11.2. The van der Waals surface area contributed by atoms with Gasteiger partial charge in [0.15, 0.2) is 17.5 Å². The molecule has 0 radical (unpaired) electrons. The lowest BCUT2D eigenvalue weighted by Gasteiger charge is -2.23. The fourth-order valence-corrected chi connectivity index (χ4v) is 8.28. The highest BCUT2D eigenvalue weighted by Gasteiger charge is 2.37. The van der Waals surface area contributed by atoms with E-state index in [1.54, 1.807) is 0 Å². The van der Waals surface area contributed by atoms with Gasteiger partial charge in [-0.2, -0.15) is 5.26 Å². The lowest BCUT2D eigenvalue weighted by molar-refractivity contribution is 0.658. The van der Waals surface area contributed by atoms with Crippen LogP contribution in [0.2, 0.25) is 0 Å². The van der Waals surface area contributed by atoms with Crippen molar-refractivity contribution in [3.8, 4) is 84.7 Å². The molecule has 0 amide bonds. The van der Waals surface area contributed by atoms with E-state index < -0.39 is 0 Å². The van der Waals surface area contributed by atoms with Gasteiger partial charge in [-0.1, -0.05) is 141 Å². The van der Waals surface area contributed by atoms with Crippen LogP contribution in [0.1, 0.15) is 30.5 Å². The molecule has 5 heteroatoms. The molecule has 1 aliphatic rings. The second-order valence-corrected chi connectivity index (χ2v) is 15.1. The van der Waals surface area contributed by atoms with Gasteiger partial charge in [0.05, 0.1) is 17.1 Å². The summed E-state index contributed by atoms with van der Waals surface area (Å²) in [6, 6.07) is 61.1. The average Bonchev–Trinajstić information content (AvgIpc) is 3.52. The first-order valence-corrected chi connectivity index (χ1v) is 19.1. The second-order valence-electron chi connectivity index (χ2n) is 15.1. The van der Waals surface area contributed by atoms with Crippen LogP contribution in [0.25, 0.3) is 89.6 Å². The largest absolute Gasteiger partial charge is 0.256 e. The molecule has 2 heterocycles. The molecule has 268 valence electrons. The van der Waals surface area contributed by atoms with Crippen LogP contribution in [0.3, 0.4) is 0 Å². The van der Waals surface area contributed by atoms with Crippen molar-refractivity contribution >= 4 is 10.9 Å². The summed E-state index contributed by atoms with van der Waals surface area (Å²) in [5.41, 5.74) is 15.1. The van der Waals surface area contributed by atoms with Crippen LogP contribution >= 0.6 is 0 Å². The van der Waals surface area contributed by atoms with Crippen LogP contribution in [-0.2, 0) is 5.41 Å². The molecule has 0 saturated carbocycles. The van der Waals surface area contributed by atoms with Gasteiger partial charge >= 0.3 is 0 Å². The highest BCUT2D eigenvalue weighted by molar-refractivity contribution is 5.89. The minimum atomic E-state index is -0.346. The summed E-state index contributed by atoms with van der Waals surface area (Å²) in [4.78, 5) is 20.0. The number of fused-ring (bicyclic) bond motifs is 4. The van der Waals surface area contributed by atoms with Gasteiger partial charge in [0.1, 0.15) is 0 Å². The summed E-state index contributed by atoms with van der Waals surface area (Å²) in [7, 11) is 0. The third kappa shape index (κ3) is 6.05. The van der Waals surface area contributed by atoms with Crippen LogP contribution in [0.4, 0.5) is 0 Å². The van der Waals surface area contributed by atoms with Gasteiger partial charge < -0.3 is 0 Å². The molecule has 9 aromatic rings. The molecule has 0 spiro atoms. The molecule has 2 aromatic heterocycles. The van der Waals surface area contributed by atoms with Gasteiger partial charge in [0.25, 0.3) is 0 Å². The maximum atomic E-state index is 10.1. The summed E-state index contributed by atoms with van der Waals surface area (Å²) in [6.45, 7) is 4.44. The Morgan fingerprint density at radius 1 is 0.439 bits per heavy atom. The minimum Gasteiger partial charge on any atom is -0.256 e. The van der Waals surface area contributed by atoms with E-state index in [2.05, 4.69) is 140 Å². The normalized spacial score (nSPS) is 12.5. The monoisotopic (exact) mass is 729 g/mol. The van der Waals surface area contributed by atoms with E-state index in [0.29, 0.717) is 17.5 Å². The predicted molar refractivity (Wildman–Crippen MR) is 230 cm³/mol. The fraction of sp³-hybridized carbons (Fsp3) is 0.0577. The van der Waals surface area contributed by atoms with E-state index in [-0.39, 0.29) is 5.41 Å². The standard InChI is InChI=1S/C52H35N5/c1-52(2)46-30-38(24-25-44(46)45-17-9-15-40(32-53)48(45)52)41-27-42(39-23-20-35-16-10-26-54-47(35)31-39)29-43(28-41)51-56-49(36-13-7-4-8-14-36)55-50(57-51)37-21-18-34(19-22-37)33-11-5-3-6-12-33/h3-31H,1-2H3. The van der Waals surface area contributed by atoms with Crippen molar-refractivity contribution in [2.75, 3.05) is 0 Å². The topological polar surface area (TPSA) is 75.3 Å². The van der Waals surface area contributed by atoms with Crippen LogP contribution in [0, 0.1) is 11.3 Å². The summed E-state index contributed by atoms with van der Waals surface area (Å²) in [6.07, 6.45) is 1.83. The van der Waals surface area contributed by atoms with Gasteiger partial charge in [-0.05, 0) is 98.1 Å². The smallest absolute Gasteiger partial charge is 0.164 e. The quantitative estimate of drug-likeness (QED) is 0.170. The molecular formula is C52H35N5. The van der Waals surface area contributed by atoms with Crippen LogP contribution in [0.5, 0.6) is 0 Å². The molecule has 0 atom stereocenters. The lowest BCUT2D eigenvalue weighted by atomic mass is 9.79. The number of benzene rings is 7. The molecule has 1 aliphatic carbocycles. The van der Waals surface area contributed by atoms with Crippen molar-refractivity contribution < 1.29 is 0 Å². The molecule has 0 aliphatic heterocycles. The van der Waals surface area contributed by atoms with Crippen molar-refractivity contribution in [3.05, 3.63) is 193 Å². The maximum absolute atomic E-state index is 10.1. The van der Waals surface area contributed by atoms with E-state index >= 15 is 0 Å². The van der Waals surface area contributed by atoms with Gasteiger partial charge in [0.2, 0.25) is 0 Å². The Morgan fingerprint density at radius 2 is 1.00 bits per heavy atom. The van der Waals surface area contributed by atoms with Gasteiger partial charge in [-0.15, -0.1) is 0 Å². The van der Waals surface area contributed by atoms with Crippen molar-refractivity contribution in [3.63, 3.8) is 0 Å². The van der Waals surface area contributed by atoms with E-state index in [1.165, 1.54) is 11.1 Å². The Morgan fingerprint density at radius 3 is 1.70 bits per heavy atom. The molecule has 5 nitrogen and oxygen atoms in total. The minimum absolute atomic E-state index is 0.346. The first-order chi connectivity index (χ1) is 27.9. The average molecular weight is 730 g/mol. The molecule has 0 N–H and O–H groups in total. The molecular weight excluding hydrogens is 695 g/mol. The third-order valence-electron chi connectivity index (χ3n) is 11.2. The predicted octanol–water partition coefficient (Wildman–Crippen LogP) is 12.6. The summed E-state index contributed by atoms with van der Waals surface area (Å²) >= 11 is 0. The fourth-order valence-electron chi connectivity index (χ4n) is 8.28. The summed E-state index contributed by atoms with van der Waals surface area (Å²) in [5, 5.41) is 11.1. The Hall–Kier alpha value is -7.55. The zero-order chi connectivity index (χ0) is 38.5. The van der Waals surface area contributed by atoms with Crippen LogP contribution in [0.15, 0.2) is 176 Å². The van der Waals surface area contributed by atoms with Gasteiger partial charge in [0, 0.05) is 33.7 Å². The van der Waals surface area contributed by atoms with Crippen molar-refractivity contribution in [1.29, 1.82) is 5.26 Å². The molecule has 57 heavy (non-hydrogen) atoms. The SMILES string of the molecule is CC1(C)c2cc(-c3cc(-c4ccc5cccnc5c4)cc(-c4nc(-c5ccccc5)nc(-c5ccc(-c6ccccc6)cc5)n4)c3)ccc2-c2cccc(C#N)c21. The number of rotatable bonds is 6. The van der Waals surface area contributed by atoms with E-state index in [4.69, 9.17) is 15.0 Å². The molecule has 0 bridgehead atoms. The number of hydrogen-bond donors (Lipinski definition) is 0. The summed E-state index contributed by atoms with van der Waals surface area (Å²) in [5.74, 6) is 1.79. The number of nitrogens with zero attached hydrogens (tertiary/aromatic N) is 5. The lowest BCUT2D eigenvalue weighted by Crippen LogP contribution is -2.16. The zero-order valence-electron chi connectivity index (χ0n) is 31.5. The zero-order valence-corrected chi connectivity index (χ0v) is 31.5. The Bertz CT molecular complexity index is 3040. The van der Waals surface area contributed by atoms with Crippen molar-refractivity contribution in [1.82, 2.24) is 19.9 Å². The Kier molecular flexibility index (Phi) is 8.13. The highest BCUT2D eigenvalue weighted by Crippen LogP contribution is 2.51. The van der Waals surface area contributed by atoms with Crippen molar-refractivity contribution in [2.45, 2.75) is 19.3 Å². The molecule has 0 saturated heterocycles. The van der Waals surface area contributed by atoms with Crippen LogP contribution < -0.4 is 0 Å². The highest BCUT2D eigenvalue weighted by atomic mass is 15.0. The molecule has 10 rings (SSSR count). The van der Waals surface area contributed by atoms with Gasteiger partial charge in [-0.25, -0.2) is 15.0 Å². The molecule has 0 unspecified atom stereocenters. The summed E-state index contributed by atoms with van der Waals surface area (Å²) < 4.78 is 0. The van der Waals surface area contributed by atoms with E-state index in [0.717, 1.165) is 77.7 Å². The number of pyridine rings is 1.